The molecule has 1 aromatic carbocycles. The molecule has 2 heterocycles. The van der Waals surface area contributed by atoms with Gasteiger partial charge >= 0.3 is 12.5 Å². The first-order valence-corrected chi connectivity index (χ1v) is 8.78. The van der Waals surface area contributed by atoms with Gasteiger partial charge in [0.25, 0.3) is 0 Å². The van der Waals surface area contributed by atoms with E-state index >= 15 is 0 Å². The fourth-order valence-corrected chi connectivity index (χ4v) is 3.35. The normalized spacial score (nSPS) is 22.5. The maximum atomic E-state index is 14.4. The molecule has 2 aliphatic rings. The SMILES string of the molecule is CC(C)(C)OC(=O)N1C2C=C(c3ccc(OC(F)(F)F)cc3F)CC1COC2. The molecule has 0 aromatic heterocycles. The van der Waals surface area contributed by atoms with Gasteiger partial charge in [0.15, 0.2) is 0 Å². The summed E-state index contributed by atoms with van der Waals surface area (Å²) in [5.74, 6) is -1.44. The largest absolute Gasteiger partial charge is 0.573 e. The fourth-order valence-electron chi connectivity index (χ4n) is 3.35. The van der Waals surface area contributed by atoms with Gasteiger partial charge in [0.1, 0.15) is 17.2 Å². The lowest BCUT2D eigenvalue weighted by Crippen LogP contribution is -2.57. The smallest absolute Gasteiger partial charge is 0.444 e. The lowest BCUT2D eigenvalue weighted by Gasteiger charge is -2.44. The Hall–Kier alpha value is -2.29. The molecule has 0 N–H and O–H groups in total. The van der Waals surface area contributed by atoms with E-state index in [-0.39, 0.29) is 24.8 Å². The zero-order chi connectivity index (χ0) is 20.7. The summed E-state index contributed by atoms with van der Waals surface area (Å²) < 4.78 is 66.0. The summed E-state index contributed by atoms with van der Waals surface area (Å²) in [5, 5.41) is 0. The maximum Gasteiger partial charge on any atom is 0.573 e. The first-order chi connectivity index (χ1) is 12.9. The van der Waals surface area contributed by atoms with Crippen LogP contribution < -0.4 is 4.74 Å². The zero-order valence-electron chi connectivity index (χ0n) is 15.7. The van der Waals surface area contributed by atoms with E-state index in [1.54, 1.807) is 31.7 Å². The van der Waals surface area contributed by atoms with Crippen LogP contribution in [0, 0.1) is 5.82 Å². The Labute approximate surface area is 159 Å². The highest BCUT2D eigenvalue weighted by Crippen LogP contribution is 2.36. The van der Waals surface area contributed by atoms with E-state index in [4.69, 9.17) is 9.47 Å². The summed E-state index contributed by atoms with van der Waals surface area (Å²) in [4.78, 5) is 14.1. The summed E-state index contributed by atoms with van der Waals surface area (Å²) in [5.41, 5.74) is 0.126. The minimum atomic E-state index is -4.89. The number of carbonyl (C=O) groups excluding carboxylic acids is 1. The molecule has 28 heavy (non-hydrogen) atoms. The van der Waals surface area contributed by atoms with E-state index in [0.29, 0.717) is 18.1 Å². The average molecular weight is 403 g/mol. The molecule has 2 aliphatic heterocycles. The summed E-state index contributed by atoms with van der Waals surface area (Å²) in [7, 11) is 0. The van der Waals surface area contributed by atoms with Crippen molar-refractivity contribution in [2.45, 2.75) is 51.2 Å². The van der Waals surface area contributed by atoms with Crippen LogP contribution in [0.4, 0.5) is 22.4 Å². The van der Waals surface area contributed by atoms with E-state index in [0.717, 1.165) is 6.07 Å². The van der Waals surface area contributed by atoms with Crippen molar-refractivity contribution in [3.8, 4) is 5.75 Å². The monoisotopic (exact) mass is 403 g/mol. The minimum absolute atomic E-state index is 0.176. The Bertz CT molecular complexity index is 785. The molecule has 3 rings (SSSR count). The third-order valence-electron chi connectivity index (χ3n) is 4.32. The molecular weight excluding hydrogens is 382 g/mol. The van der Waals surface area contributed by atoms with Crippen molar-refractivity contribution >= 4 is 11.7 Å². The second-order valence-corrected chi connectivity index (χ2v) is 7.73. The molecule has 0 aliphatic carbocycles. The van der Waals surface area contributed by atoms with Gasteiger partial charge in [-0.2, -0.15) is 0 Å². The standard InChI is InChI=1S/C19H21F4NO4/c1-18(2,3)28-17(25)24-12-6-11(7-13(24)10-26-9-12)15-5-4-14(8-16(15)20)27-19(21,22)23/h4-6,8,12-13H,7,9-10H2,1-3H3. The summed E-state index contributed by atoms with van der Waals surface area (Å²) >= 11 is 0. The maximum absolute atomic E-state index is 14.4. The van der Waals surface area contributed by atoms with Crippen molar-refractivity contribution < 1.29 is 36.6 Å². The Morgan fingerprint density at radius 1 is 1.21 bits per heavy atom. The lowest BCUT2D eigenvalue weighted by molar-refractivity contribution is -0.274. The van der Waals surface area contributed by atoms with Crippen molar-refractivity contribution in [2.75, 3.05) is 13.2 Å². The second-order valence-electron chi connectivity index (χ2n) is 7.73. The highest BCUT2D eigenvalue weighted by molar-refractivity contribution is 5.75. The van der Waals surface area contributed by atoms with Gasteiger partial charge in [-0.05, 0) is 44.9 Å². The van der Waals surface area contributed by atoms with Gasteiger partial charge in [-0.1, -0.05) is 6.08 Å². The van der Waals surface area contributed by atoms with Crippen LogP contribution in [0.25, 0.3) is 5.57 Å². The van der Waals surface area contributed by atoms with Crippen LogP contribution in [0.5, 0.6) is 5.75 Å². The molecule has 1 aromatic rings. The van der Waals surface area contributed by atoms with E-state index in [1.165, 1.54) is 6.07 Å². The molecule has 2 bridgehead atoms. The third kappa shape index (κ3) is 4.76. The molecule has 0 spiro atoms. The number of morpholine rings is 1. The summed E-state index contributed by atoms with van der Waals surface area (Å²) in [6.07, 6.45) is -3.37. The van der Waals surface area contributed by atoms with Crippen LogP contribution >= 0.6 is 0 Å². The topological polar surface area (TPSA) is 48.0 Å². The van der Waals surface area contributed by atoms with E-state index < -0.39 is 35.7 Å². The Morgan fingerprint density at radius 2 is 1.93 bits per heavy atom. The molecule has 0 saturated carbocycles. The van der Waals surface area contributed by atoms with E-state index in [9.17, 15) is 22.4 Å². The lowest BCUT2D eigenvalue weighted by atomic mass is 9.90. The Balaban J connectivity index is 1.84. The van der Waals surface area contributed by atoms with Crippen LogP contribution in [0.2, 0.25) is 0 Å². The molecule has 5 nitrogen and oxygen atoms in total. The molecule has 1 amide bonds. The van der Waals surface area contributed by atoms with Crippen LogP contribution in [-0.4, -0.2) is 48.3 Å². The van der Waals surface area contributed by atoms with Gasteiger partial charge in [0.2, 0.25) is 0 Å². The van der Waals surface area contributed by atoms with E-state index in [2.05, 4.69) is 4.74 Å². The first kappa shape index (κ1) is 20.4. The first-order valence-electron chi connectivity index (χ1n) is 8.78. The van der Waals surface area contributed by atoms with Crippen molar-refractivity contribution in [2.24, 2.45) is 0 Å². The predicted octanol–water partition coefficient (Wildman–Crippen LogP) is 4.52. The third-order valence-corrected chi connectivity index (χ3v) is 4.32. The quantitative estimate of drug-likeness (QED) is 0.682. The van der Waals surface area contributed by atoms with Crippen molar-refractivity contribution in [3.05, 3.63) is 35.7 Å². The van der Waals surface area contributed by atoms with Crippen LogP contribution in [0.1, 0.15) is 32.8 Å². The van der Waals surface area contributed by atoms with Gasteiger partial charge in [-0.15, -0.1) is 13.2 Å². The van der Waals surface area contributed by atoms with Gasteiger partial charge in [-0.3, -0.25) is 4.90 Å². The Morgan fingerprint density at radius 3 is 2.50 bits per heavy atom. The van der Waals surface area contributed by atoms with Crippen LogP contribution in [-0.2, 0) is 9.47 Å². The summed E-state index contributed by atoms with van der Waals surface area (Å²) in [6, 6.07) is 2.24. The number of carbonyl (C=O) groups is 1. The van der Waals surface area contributed by atoms with Gasteiger partial charge < -0.3 is 14.2 Å². The highest BCUT2D eigenvalue weighted by Gasteiger charge is 2.40. The van der Waals surface area contributed by atoms with Crippen molar-refractivity contribution in [1.82, 2.24) is 4.90 Å². The van der Waals surface area contributed by atoms with Gasteiger partial charge in [0, 0.05) is 11.6 Å². The van der Waals surface area contributed by atoms with E-state index in [1.807, 2.05) is 0 Å². The molecule has 1 fully saturated rings. The second kappa shape index (κ2) is 7.27. The minimum Gasteiger partial charge on any atom is -0.444 e. The molecule has 154 valence electrons. The van der Waals surface area contributed by atoms with Crippen LogP contribution in [0.15, 0.2) is 24.3 Å². The number of fused-ring (bicyclic) bond motifs is 2. The number of alkyl halides is 3. The van der Waals surface area contributed by atoms with Crippen molar-refractivity contribution in [1.29, 1.82) is 0 Å². The predicted molar refractivity (Wildman–Crippen MR) is 92.1 cm³/mol. The van der Waals surface area contributed by atoms with Crippen molar-refractivity contribution in [3.63, 3.8) is 0 Å². The Kier molecular flexibility index (Phi) is 5.31. The molecule has 2 atom stereocenters. The van der Waals surface area contributed by atoms with Crippen LogP contribution in [0.3, 0.4) is 0 Å². The number of hydrogen-bond donors (Lipinski definition) is 0. The molecule has 1 saturated heterocycles. The average Bonchev–Trinajstić information content (AvgIpc) is 2.50. The number of ether oxygens (including phenoxy) is 3. The zero-order valence-corrected chi connectivity index (χ0v) is 15.7. The number of rotatable bonds is 2. The molecule has 9 heteroatoms. The molecular formula is C19H21F4NO4. The number of hydrogen-bond acceptors (Lipinski definition) is 4. The number of benzene rings is 1. The number of amides is 1. The van der Waals surface area contributed by atoms with Gasteiger partial charge in [-0.25, -0.2) is 9.18 Å². The molecule has 2 unspecified atom stereocenters. The number of nitrogens with zero attached hydrogens (tertiary/aromatic N) is 1. The number of halogens is 4. The molecule has 0 radical (unpaired) electrons. The highest BCUT2D eigenvalue weighted by atomic mass is 19.4. The van der Waals surface area contributed by atoms with Gasteiger partial charge in [0.05, 0.1) is 25.3 Å². The summed E-state index contributed by atoms with van der Waals surface area (Å²) in [6.45, 7) is 5.80. The fraction of sp³-hybridized carbons (Fsp3) is 0.526.